The van der Waals surface area contributed by atoms with E-state index in [-0.39, 0.29) is 5.91 Å². The number of fused-ring (bicyclic) bond motifs is 1. The number of hydrogen-bond acceptors (Lipinski definition) is 3. The van der Waals surface area contributed by atoms with Gasteiger partial charge in [0.2, 0.25) is 0 Å². The molecule has 1 aliphatic rings. The van der Waals surface area contributed by atoms with Crippen LogP contribution in [0, 0.1) is 0 Å². The third kappa shape index (κ3) is 3.19. The van der Waals surface area contributed by atoms with Crippen LogP contribution in [0.5, 0.6) is 0 Å². The Bertz CT molecular complexity index is 806. The van der Waals surface area contributed by atoms with Gasteiger partial charge in [-0.05, 0) is 52.7 Å². The summed E-state index contributed by atoms with van der Waals surface area (Å²) in [5.41, 5.74) is 0.698. The molecule has 118 valence electrons. The Morgan fingerprint density at radius 3 is 2.74 bits per heavy atom. The van der Waals surface area contributed by atoms with Crippen molar-refractivity contribution in [3.8, 4) is 0 Å². The quantitative estimate of drug-likeness (QED) is 0.710. The lowest BCUT2D eigenvalue weighted by molar-refractivity contribution is -0.134. The summed E-state index contributed by atoms with van der Waals surface area (Å²) in [6.07, 6.45) is 0.340. The number of anilines is 1. The van der Waals surface area contributed by atoms with E-state index in [0.717, 1.165) is 14.5 Å². The molecule has 6 heteroatoms. The van der Waals surface area contributed by atoms with Crippen LogP contribution in [0.3, 0.4) is 0 Å². The molecule has 0 radical (unpaired) electrons. The third-order valence-corrected chi connectivity index (χ3v) is 4.92. The van der Waals surface area contributed by atoms with E-state index in [1.807, 2.05) is 24.3 Å². The van der Waals surface area contributed by atoms with Crippen molar-refractivity contribution in [2.45, 2.75) is 18.9 Å². The first-order chi connectivity index (χ1) is 10.9. The van der Waals surface area contributed by atoms with Crippen molar-refractivity contribution in [1.29, 1.82) is 0 Å². The van der Waals surface area contributed by atoms with Gasteiger partial charge in [0.05, 0.1) is 11.3 Å². The van der Waals surface area contributed by atoms with Crippen LogP contribution in [0.4, 0.5) is 5.69 Å². The molecule has 1 aliphatic heterocycles. The number of carbonyl (C=O) groups excluding carboxylic acids is 2. The average molecular weight is 439 g/mol. The van der Waals surface area contributed by atoms with Gasteiger partial charge < -0.3 is 10.1 Å². The molecule has 1 atom stereocenters. The van der Waals surface area contributed by atoms with Gasteiger partial charge in [-0.3, -0.25) is 4.79 Å². The largest absolute Gasteiger partial charge is 0.445 e. The van der Waals surface area contributed by atoms with Gasteiger partial charge in [-0.2, -0.15) is 0 Å². The highest BCUT2D eigenvalue weighted by Crippen LogP contribution is 2.31. The molecule has 2 aromatic carbocycles. The summed E-state index contributed by atoms with van der Waals surface area (Å²) in [5.74, 6) is -0.836. The molecule has 4 nitrogen and oxygen atoms in total. The van der Waals surface area contributed by atoms with Crippen molar-refractivity contribution >= 4 is 49.4 Å². The SMILES string of the molecule is CC1(C(=O)Nc2cc(Br)ccc2Br)Cc2ccccc2C(=O)O1. The molecule has 0 bridgehead atoms. The van der Waals surface area contributed by atoms with E-state index >= 15 is 0 Å². The predicted molar refractivity (Wildman–Crippen MR) is 94.4 cm³/mol. The van der Waals surface area contributed by atoms with Crippen molar-refractivity contribution in [2.75, 3.05) is 5.32 Å². The normalized spacial score (nSPS) is 19.7. The monoisotopic (exact) mass is 437 g/mol. The second-order valence-electron chi connectivity index (χ2n) is 5.53. The van der Waals surface area contributed by atoms with Gasteiger partial charge in [-0.1, -0.05) is 34.1 Å². The zero-order valence-electron chi connectivity index (χ0n) is 12.2. The van der Waals surface area contributed by atoms with E-state index < -0.39 is 11.6 Å². The summed E-state index contributed by atoms with van der Waals surface area (Å²) in [6, 6.07) is 12.6. The summed E-state index contributed by atoms with van der Waals surface area (Å²) in [6.45, 7) is 1.63. The maximum absolute atomic E-state index is 12.7. The minimum Gasteiger partial charge on any atom is -0.445 e. The lowest BCUT2D eigenvalue weighted by atomic mass is 9.89. The molecule has 0 aliphatic carbocycles. The molecule has 23 heavy (non-hydrogen) atoms. The first-order valence-corrected chi connectivity index (χ1v) is 8.55. The van der Waals surface area contributed by atoms with Crippen molar-refractivity contribution in [3.05, 3.63) is 62.5 Å². The first-order valence-electron chi connectivity index (χ1n) is 6.97. The lowest BCUT2D eigenvalue weighted by Crippen LogP contribution is -2.48. The number of amides is 1. The molecule has 0 fully saturated rings. The van der Waals surface area contributed by atoms with E-state index in [4.69, 9.17) is 4.74 Å². The Balaban J connectivity index is 1.88. The Hall–Kier alpha value is -1.66. The minimum absolute atomic E-state index is 0.340. The molecule has 1 heterocycles. The first kappa shape index (κ1) is 16.2. The van der Waals surface area contributed by atoms with Gasteiger partial charge in [0, 0.05) is 15.4 Å². The highest BCUT2D eigenvalue weighted by Gasteiger charge is 2.42. The Morgan fingerprint density at radius 1 is 1.22 bits per heavy atom. The van der Waals surface area contributed by atoms with Gasteiger partial charge >= 0.3 is 5.97 Å². The number of rotatable bonds is 2. The van der Waals surface area contributed by atoms with Crippen LogP contribution < -0.4 is 5.32 Å². The second kappa shape index (κ2) is 6.09. The number of cyclic esters (lactones) is 1. The number of esters is 1. The molecule has 0 saturated heterocycles. The van der Waals surface area contributed by atoms with E-state index in [2.05, 4.69) is 37.2 Å². The maximum Gasteiger partial charge on any atom is 0.339 e. The van der Waals surface area contributed by atoms with E-state index in [0.29, 0.717) is 17.7 Å². The summed E-state index contributed by atoms with van der Waals surface area (Å²) >= 11 is 6.76. The van der Waals surface area contributed by atoms with E-state index in [1.165, 1.54) is 0 Å². The highest BCUT2D eigenvalue weighted by molar-refractivity contribution is 9.11. The van der Waals surface area contributed by atoms with Gasteiger partial charge in [0.25, 0.3) is 5.91 Å². The van der Waals surface area contributed by atoms with Crippen LogP contribution in [0.1, 0.15) is 22.8 Å². The molecular formula is C17H13Br2NO3. The number of halogens is 2. The molecule has 1 amide bonds. The smallest absolute Gasteiger partial charge is 0.339 e. The number of carbonyl (C=O) groups is 2. The predicted octanol–water partition coefficient (Wildman–Crippen LogP) is 4.32. The van der Waals surface area contributed by atoms with Gasteiger partial charge in [-0.25, -0.2) is 4.79 Å². The lowest BCUT2D eigenvalue weighted by Gasteiger charge is -2.33. The molecule has 2 aromatic rings. The van der Waals surface area contributed by atoms with Crippen LogP contribution in [-0.2, 0) is 16.0 Å². The molecule has 0 saturated carbocycles. The zero-order chi connectivity index (χ0) is 16.6. The van der Waals surface area contributed by atoms with Crippen LogP contribution in [-0.4, -0.2) is 17.5 Å². The van der Waals surface area contributed by atoms with E-state index in [9.17, 15) is 9.59 Å². The Morgan fingerprint density at radius 2 is 1.96 bits per heavy atom. The fourth-order valence-electron chi connectivity index (χ4n) is 2.51. The molecule has 3 rings (SSSR count). The molecule has 1 unspecified atom stereocenters. The highest BCUT2D eigenvalue weighted by atomic mass is 79.9. The fourth-order valence-corrected chi connectivity index (χ4v) is 3.21. The Labute approximate surface area is 150 Å². The number of ether oxygens (including phenoxy) is 1. The Kier molecular flexibility index (Phi) is 4.29. The van der Waals surface area contributed by atoms with Gasteiger partial charge in [-0.15, -0.1) is 0 Å². The minimum atomic E-state index is -1.24. The van der Waals surface area contributed by atoms with Crippen molar-refractivity contribution in [3.63, 3.8) is 0 Å². The summed E-state index contributed by atoms with van der Waals surface area (Å²) in [4.78, 5) is 24.8. The summed E-state index contributed by atoms with van der Waals surface area (Å²) in [5, 5.41) is 2.82. The number of hydrogen-bond donors (Lipinski definition) is 1. The van der Waals surface area contributed by atoms with Crippen LogP contribution >= 0.6 is 31.9 Å². The van der Waals surface area contributed by atoms with Gasteiger partial charge in [0.15, 0.2) is 5.60 Å². The van der Waals surface area contributed by atoms with Crippen LogP contribution in [0.25, 0.3) is 0 Å². The molecule has 1 N–H and O–H groups in total. The third-order valence-electron chi connectivity index (χ3n) is 3.74. The van der Waals surface area contributed by atoms with Crippen molar-refractivity contribution in [1.82, 2.24) is 0 Å². The molecular weight excluding hydrogens is 426 g/mol. The van der Waals surface area contributed by atoms with Crippen molar-refractivity contribution < 1.29 is 14.3 Å². The summed E-state index contributed by atoms with van der Waals surface area (Å²) < 4.78 is 7.02. The van der Waals surface area contributed by atoms with Crippen LogP contribution in [0.15, 0.2) is 51.4 Å². The fraction of sp³-hybridized carbons (Fsp3) is 0.176. The van der Waals surface area contributed by atoms with E-state index in [1.54, 1.807) is 25.1 Å². The standard InChI is InChI=1S/C17H13Br2NO3/c1-17(9-10-4-2-3-5-12(10)15(21)23-17)16(22)20-14-8-11(18)6-7-13(14)19/h2-8H,9H2,1H3,(H,20,22). The molecule has 0 spiro atoms. The molecule has 0 aromatic heterocycles. The zero-order valence-corrected chi connectivity index (χ0v) is 15.4. The van der Waals surface area contributed by atoms with Crippen LogP contribution in [0.2, 0.25) is 0 Å². The number of benzene rings is 2. The topological polar surface area (TPSA) is 55.4 Å². The van der Waals surface area contributed by atoms with Gasteiger partial charge in [0.1, 0.15) is 0 Å². The average Bonchev–Trinajstić information content (AvgIpc) is 2.51. The maximum atomic E-state index is 12.7. The summed E-state index contributed by atoms with van der Waals surface area (Å²) in [7, 11) is 0. The second-order valence-corrected chi connectivity index (χ2v) is 7.30. The van der Waals surface area contributed by atoms with Crippen molar-refractivity contribution in [2.24, 2.45) is 0 Å². The number of nitrogens with one attached hydrogen (secondary N) is 1.